The summed E-state index contributed by atoms with van der Waals surface area (Å²) in [5.41, 5.74) is 1.41. The largest absolute Gasteiger partial charge is 0.332 e. The standard InChI is InChI=1S/C12H21N3/c1-2-4-12-9-14-10-15(12)11-5-3-7-13-8-6-11/h9-11,13H,2-8H2,1H3. The molecule has 1 unspecified atom stereocenters. The van der Waals surface area contributed by atoms with Gasteiger partial charge in [-0.2, -0.15) is 0 Å². The van der Waals surface area contributed by atoms with Crippen LogP contribution in [0.25, 0.3) is 0 Å². The molecule has 2 rings (SSSR count). The summed E-state index contributed by atoms with van der Waals surface area (Å²) in [7, 11) is 0. The van der Waals surface area contributed by atoms with Gasteiger partial charge < -0.3 is 9.88 Å². The zero-order valence-electron chi connectivity index (χ0n) is 9.58. The number of rotatable bonds is 3. The Hall–Kier alpha value is -0.830. The Kier molecular flexibility index (Phi) is 3.78. The molecule has 0 spiro atoms. The van der Waals surface area contributed by atoms with Gasteiger partial charge in [0.2, 0.25) is 0 Å². The molecule has 1 aliphatic rings. The predicted molar refractivity (Wildman–Crippen MR) is 62.0 cm³/mol. The Morgan fingerprint density at radius 3 is 3.27 bits per heavy atom. The predicted octanol–water partition coefficient (Wildman–Crippen LogP) is 2.15. The number of aromatic nitrogens is 2. The van der Waals surface area contributed by atoms with Gasteiger partial charge >= 0.3 is 0 Å². The molecule has 0 aromatic carbocycles. The van der Waals surface area contributed by atoms with E-state index >= 15 is 0 Å². The van der Waals surface area contributed by atoms with Gasteiger partial charge in [0.15, 0.2) is 0 Å². The van der Waals surface area contributed by atoms with E-state index in [1.807, 2.05) is 12.5 Å². The van der Waals surface area contributed by atoms with Crippen LogP contribution in [-0.4, -0.2) is 22.6 Å². The first-order valence-electron chi connectivity index (χ1n) is 6.13. The van der Waals surface area contributed by atoms with Gasteiger partial charge in [-0.25, -0.2) is 4.98 Å². The quantitative estimate of drug-likeness (QED) is 0.823. The highest BCUT2D eigenvalue weighted by Crippen LogP contribution is 2.22. The third-order valence-corrected chi connectivity index (χ3v) is 3.19. The van der Waals surface area contributed by atoms with Crippen molar-refractivity contribution in [3.05, 3.63) is 18.2 Å². The topological polar surface area (TPSA) is 29.9 Å². The van der Waals surface area contributed by atoms with Gasteiger partial charge in [-0.3, -0.25) is 0 Å². The molecule has 1 N–H and O–H groups in total. The van der Waals surface area contributed by atoms with E-state index in [1.165, 1.54) is 37.9 Å². The molecule has 3 nitrogen and oxygen atoms in total. The first kappa shape index (κ1) is 10.7. The van der Waals surface area contributed by atoms with Crippen molar-refractivity contribution in [1.29, 1.82) is 0 Å². The number of hydrogen-bond donors (Lipinski definition) is 1. The van der Waals surface area contributed by atoms with Crippen LogP contribution in [-0.2, 0) is 6.42 Å². The zero-order valence-corrected chi connectivity index (χ0v) is 9.58. The lowest BCUT2D eigenvalue weighted by molar-refractivity contribution is 0.440. The molecule has 0 saturated carbocycles. The van der Waals surface area contributed by atoms with Gasteiger partial charge in [-0.15, -0.1) is 0 Å². The number of nitrogens with zero attached hydrogens (tertiary/aromatic N) is 2. The molecule has 1 atom stereocenters. The van der Waals surface area contributed by atoms with E-state index in [4.69, 9.17) is 0 Å². The summed E-state index contributed by atoms with van der Waals surface area (Å²) in [5.74, 6) is 0. The molecule has 1 aromatic heterocycles. The summed E-state index contributed by atoms with van der Waals surface area (Å²) >= 11 is 0. The SMILES string of the molecule is CCCc1cncn1C1CCCNCC1. The van der Waals surface area contributed by atoms with E-state index in [2.05, 4.69) is 21.8 Å². The molecule has 15 heavy (non-hydrogen) atoms. The van der Waals surface area contributed by atoms with E-state index in [0.29, 0.717) is 6.04 Å². The number of aryl methyl sites for hydroxylation is 1. The molecule has 1 saturated heterocycles. The van der Waals surface area contributed by atoms with E-state index in [0.717, 1.165) is 13.0 Å². The lowest BCUT2D eigenvalue weighted by atomic mass is 10.1. The van der Waals surface area contributed by atoms with E-state index < -0.39 is 0 Å². The van der Waals surface area contributed by atoms with E-state index in [9.17, 15) is 0 Å². The third-order valence-electron chi connectivity index (χ3n) is 3.19. The minimum absolute atomic E-state index is 0.670. The maximum atomic E-state index is 4.29. The van der Waals surface area contributed by atoms with Crippen LogP contribution in [0, 0.1) is 0 Å². The van der Waals surface area contributed by atoms with Crippen molar-refractivity contribution in [2.75, 3.05) is 13.1 Å². The molecule has 0 radical (unpaired) electrons. The Morgan fingerprint density at radius 1 is 1.47 bits per heavy atom. The summed E-state index contributed by atoms with van der Waals surface area (Å²) in [6.07, 6.45) is 10.2. The summed E-state index contributed by atoms with van der Waals surface area (Å²) in [5, 5.41) is 3.46. The summed E-state index contributed by atoms with van der Waals surface area (Å²) in [6, 6.07) is 0.670. The summed E-state index contributed by atoms with van der Waals surface area (Å²) < 4.78 is 2.40. The number of imidazole rings is 1. The molecule has 0 bridgehead atoms. The van der Waals surface area contributed by atoms with Crippen molar-refractivity contribution in [2.45, 2.75) is 45.1 Å². The number of nitrogens with one attached hydrogen (secondary N) is 1. The van der Waals surface area contributed by atoms with Crippen molar-refractivity contribution >= 4 is 0 Å². The second kappa shape index (κ2) is 5.31. The fraction of sp³-hybridized carbons (Fsp3) is 0.750. The summed E-state index contributed by atoms with van der Waals surface area (Å²) in [4.78, 5) is 4.29. The van der Waals surface area contributed by atoms with Crippen LogP contribution in [0.4, 0.5) is 0 Å². The molecule has 0 amide bonds. The van der Waals surface area contributed by atoms with Crippen LogP contribution in [0.2, 0.25) is 0 Å². The highest BCUT2D eigenvalue weighted by molar-refractivity contribution is 5.01. The molecule has 1 fully saturated rings. The lowest BCUT2D eigenvalue weighted by Crippen LogP contribution is -2.15. The minimum atomic E-state index is 0.670. The van der Waals surface area contributed by atoms with Gasteiger partial charge in [0.25, 0.3) is 0 Å². The fourth-order valence-corrected chi connectivity index (χ4v) is 2.39. The maximum Gasteiger partial charge on any atom is 0.0950 e. The van der Waals surface area contributed by atoms with Gasteiger partial charge in [0, 0.05) is 17.9 Å². The molecule has 1 aromatic rings. The molecule has 3 heteroatoms. The monoisotopic (exact) mass is 207 g/mol. The maximum absolute atomic E-state index is 4.29. The second-order valence-corrected chi connectivity index (χ2v) is 4.38. The van der Waals surface area contributed by atoms with Gasteiger partial charge in [0.1, 0.15) is 0 Å². The van der Waals surface area contributed by atoms with Crippen molar-refractivity contribution in [3.8, 4) is 0 Å². The molecular formula is C12H21N3. The van der Waals surface area contributed by atoms with Crippen LogP contribution in [0.5, 0.6) is 0 Å². The smallest absolute Gasteiger partial charge is 0.0950 e. The molecule has 2 heterocycles. The Morgan fingerprint density at radius 2 is 2.40 bits per heavy atom. The van der Waals surface area contributed by atoms with Crippen LogP contribution >= 0.6 is 0 Å². The first-order valence-corrected chi connectivity index (χ1v) is 6.13. The molecule has 0 aliphatic carbocycles. The molecular weight excluding hydrogens is 186 g/mol. The van der Waals surface area contributed by atoms with Crippen molar-refractivity contribution in [1.82, 2.24) is 14.9 Å². The van der Waals surface area contributed by atoms with Crippen molar-refractivity contribution in [3.63, 3.8) is 0 Å². The fourth-order valence-electron chi connectivity index (χ4n) is 2.39. The van der Waals surface area contributed by atoms with Crippen LogP contribution in [0.1, 0.15) is 44.3 Å². The van der Waals surface area contributed by atoms with Gasteiger partial charge in [-0.1, -0.05) is 13.3 Å². The summed E-state index contributed by atoms with van der Waals surface area (Å²) in [6.45, 7) is 4.55. The van der Waals surface area contributed by atoms with E-state index in [-0.39, 0.29) is 0 Å². The molecule has 1 aliphatic heterocycles. The first-order chi connectivity index (χ1) is 7.42. The third kappa shape index (κ3) is 2.59. The highest BCUT2D eigenvalue weighted by atomic mass is 15.1. The van der Waals surface area contributed by atoms with Crippen LogP contribution in [0.15, 0.2) is 12.5 Å². The minimum Gasteiger partial charge on any atom is -0.332 e. The average molecular weight is 207 g/mol. The van der Waals surface area contributed by atoms with Crippen LogP contribution in [0.3, 0.4) is 0 Å². The molecule has 84 valence electrons. The van der Waals surface area contributed by atoms with Gasteiger partial charge in [-0.05, 0) is 38.8 Å². The highest BCUT2D eigenvalue weighted by Gasteiger charge is 2.15. The zero-order chi connectivity index (χ0) is 10.5. The van der Waals surface area contributed by atoms with Crippen molar-refractivity contribution < 1.29 is 0 Å². The van der Waals surface area contributed by atoms with E-state index in [1.54, 1.807) is 0 Å². The average Bonchev–Trinajstić information content (AvgIpc) is 2.53. The van der Waals surface area contributed by atoms with Crippen molar-refractivity contribution in [2.24, 2.45) is 0 Å². The Balaban J connectivity index is 2.08. The second-order valence-electron chi connectivity index (χ2n) is 4.38. The lowest BCUT2D eigenvalue weighted by Gasteiger charge is -2.18. The van der Waals surface area contributed by atoms with Gasteiger partial charge in [0.05, 0.1) is 6.33 Å². The normalized spacial score (nSPS) is 22.6. The number of hydrogen-bond acceptors (Lipinski definition) is 2. The van der Waals surface area contributed by atoms with Crippen LogP contribution < -0.4 is 5.32 Å². The Labute approximate surface area is 91.9 Å². The Bertz CT molecular complexity index is 285.